The van der Waals surface area contributed by atoms with Gasteiger partial charge in [0, 0.05) is 6.42 Å². The molecule has 0 unspecified atom stereocenters. The molecule has 0 aromatic rings. The van der Waals surface area contributed by atoms with Crippen molar-refractivity contribution in [2.45, 2.75) is 97.3 Å². The van der Waals surface area contributed by atoms with E-state index in [4.69, 9.17) is 5.11 Å². The van der Waals surface area contributed by atoms with Crippen LogP contribution in [0.25, 0.3) is 0 Å². The molecule has 0 saturated carbocycles. The number of carbonyl (C=O) groups is 2. The van der Waals surface area contributed by atoms with Crippen molar-refractivity contribution in [1.29, 1.82) is 0 Å². The zero-order valence-electron chi connectivity index (χ0n) is 14.5. The van der Waals surface area contributed by atoms with E-state index >= 15 is 0 Å². The first-order chi connectivity index (χ1) is 10.6. The molecule has 3 nitrogen and oxygen atoms in total. The lowest BCUT2D eigenvalue weighted by molar-refractivity contribution is -0.137. The Morgan fingerprint density at radius 2 is 1.36 bits per heavy atom. The largest absolute Gasteiger partial charge is 0.481 e. The van der Waals surface area contributed by atoms with E-state index in [0.717, 1.165) is 50.5 Å². The van der Waals surface area contributed by atoms with Crippen LogP contribution in [0.5, 0.6) is 0 Å². The van der Waals surface area contributed by atoms with E-state index in [9.17, 15) is 9.59 Å². The Kier molecular flexibility index (Phi) is 14.0. The quantitative estimate of drug-likeness (QED) is 0.313. The van der Waals surface area contributed by atoms with Crippen molar-refractivity contribution in [3.8, 4) is 0 Å². The molecule has 1 N–H and O–H groups in total. The van der Waals surface area contributed by atoms with Gasteiger partial charge in [-0.3, -0.25) is 9.59 Å². The zero-order chi connectivity index (χ0) is 16.6. The second-order valence-electron chi connectivity index (χ2n) is 6.15. The lowest BCUT2D eigenvalue weighted by Crippen LogP contribution is -1.97. The van der Waals surface area contributed by atoms with Crippen LogP contribution in [0.4, 0.5) is 0 Å². The molecule has 3 heteroatoms. The Bertz CT molecular complexity index is 332. The third-order valence-corrected chi connectivity index (χ3v) is 3.99. The number of unbranched alkanes of at least 4 members (excludes halogenated alkanes) is 9. The van der Waals surface area contributed by atoms with Crippen LogP contribution in [0, 0.1) is 0 Å². The molecular weight excluding hydrogens is 276 g/mol. The summed E-state index contributed by atoms with van der Waals surface area (Å²) in [6.45, 7) is 3.88. The number of carbonyl (C=O) groups excluding carboxylic acids is 1. The van der Waals surface area contributed by atoms with Gasteiger partial charge in [-0.15, -0.1) is 0 Å². The monoisotopic (exact) mass is 310 g/mol. The molecule has 0 aliphatic heterocycles. The maximum atomic E-state index is 11.6. The minimum Gasteiger partial charge on any atom is -0.481 e. The average molecular weight is 310 g/mol. The summed E-state index contributed by atoms with van der Waals surface area (Å²) in [5, 5.41) is 8.56. The molecule has 128 valence electrons. The van der Waals surface area contributed by atoms with Crippen molar-refractivity contribution in [3.63, 3.8) is 0 Å². The molecule has 0 spiro atoms. The molecule has 0 aliphatic carbocycles. The Morgan fingerprint density at radius 1 is 0.818 bits per heavy atom. The van der Waals surface area contributed by atoms with Crippen molar-refractivity contribution in [2.75, 3.05) is 0 Å². The molecule has 0 aliphatic rings. The SMILES string of the molecule is CCCCCCC/C=C(/CCCCCCCC(=O)O)C(C)=O. The summed E-state index contributed by atoms with van der Waals surface area (Å²) in [6.07, 6.45) is 15.6. The Balaban J connectivity index is 3.71. The number of ketones is 1. The molecule has 0 radical (unpaired) electrons. The third kappa shape index (κ3) is 13.8. The van der Waals surface area contributed by atoms with Gasteiger partial charge in [0.15, 0.2) is 5.78 Å². The van der Waals surface area contributed by atoms with Crippen LogP contribution in [-0.4, -0.2) is 16.9 Å². The molecule has 0 aromatic carbocycles. The highest BCUT2D eigenvalue weighted by Gasteiger charge is 2.03. The first-order valence-electron chi connectivity index (χ1n) is 8.99. The third-order valence-electron chi connectivity index (χ3n) is 3.99. The molecule has 0 atom stereocenters. The standard InChI is InChI=1S/C19H34O3/c1-3-4-5-6-8-11-14-18(17(2)20)15-12-9-7-10-13-16-19(21)22/h14H,3-13,15-16H2,1-2H3,(H,21,22)/b18-14-. The molecule has 0 amide bonds. The molecule has 0 heterocycles. The molecule has 0 bridgehead atoms. The van der Waals surface area contributed by atoms with Gasteiger partial charge in [-0.25, -0.2) is 0 Å². The molecule has 22 heavy (non-hydrogen) atoms. The highest BCUT2D eigenvalue weighted by molar-refractivity contribution is 5.93. The topological polar surface area (TPSA) is 54.4 Å². The lowest BCUT2D eigenvalue weighted by atomic mass is 10.0. The van der Waals surface area contributed by atoms with Crippen molar-refractivity contribution < 1.29 is 14.7 Å². The van der Waals surface area contributed by atoms with Crippen LogP contribution >= 0.6 is 0 Å². The fraction of sp³-hybridized carbons (Fsp3) is 0.789. The van der Waals surface area contributed by atoms with Crippen molar-refractivity contribution in [2.24, 2.45) is 0 Å². The Labute approximate surface area is 136 Å². The summed E-state index contributed by atoms with van der Waals surface area (Å²) in [4.78, 5) is 22.0. The molecule has 0 rings (SSSR count). The second kappa shape index (κ2) is 14.8. The van der Waals surface area contributed by atoms with Gasteiger partial charge in [0.1, 0.15) is 0 Å². The van der Waals surface area contributed by atoms with Crippen LogP contribution in [0.3, 0.4) is 0 Å². The second-order valence-corrected chi connectivity index (χ2v) is 6.15. The van der Waals surface area contributed by atoms with E-state index in [-0.39, 0.29) is 12.2 Å². The molecule has 0 saturated heterocycles. The van der Waals surface area contributed by atoms with E-state index in [2.05, 4.69) is 13.0 Å². The number of allylic oxidation sites excluding steroid dienone is 2. The first kappa shape index (κ1) is 20.9. The number of carboxylic acids is 1. The van der Waals surface area contributed by atoms with Crippen LogP contribution < -0.4 is 0 Å². The summed E-state index contributed by atoms with van der Waals surface area (Å²) < 4.78 is 0. The summed E-state index contributed by atoms with van der Waals surface area (Å²) in [5.41, 5.74) is 0.987. The van der Waals surface area contributed by atoms with Crippen LogP contribution in [0.2, 0.25) is 0 Å². The van der Waals surface area contributed by atoms with Crippen LogP contribution in [-0.2, 0) is 9.59 Å². The Morgan fingerprint density at radius 3 is 1.95 bits per heavy atom. The summed E-state index contributed by atoms with van der Waals surface area (Å²) in [7, 11) is 0. The molecule has 0 aromatic heterocycles. The molecule has 0 fully saturated rings. The number of aliphatic carboxylic acids is 1. The number of hydrogen-bond donors (Lipinski definition) is 1. The van der Waals surface area contributed by atoms with E-state index < -0.39 is 5.97 Å². The van der Waals surface area contributed by atoms with Gasteiger partial charge < -0.3 is 5.11 Å². The van der Waals surface area contributed by atoms with Crippen molar-refractivity contribution in [1.82, 2.24) is 0 Å². The first-order valence-corrected chi connectivity index (χ1v) is 8.99. The van der Waals surface area contributed by atoms with Crippen LogP contribution in [0.15, 0.2) is 11.6 Å². The van der Waals surface area contributed by atoms with Gasteiger partial charge in [0.2, 0.25) is 0 Å². The van der Waals surface area contributed by atoms with E-state index in [0.29, 0.717) is 0 Å². The van der Waals surface area contributed by atoms with Gasteiger partial charge in [-0.05, 0) is 44.6 Å². The maximum Gasteiger partial charge on any atom is 0.303 e. The van der Waals surface area contributed by atoms with E-state index in [1.165, 1.54) is 32.1 Å². The summed E-state index contributed by atoms with van der Waals surface area (Å²) >= 11 is 0. The number of rotatable bonds is 15. The predicted octanol–water partition coefficient (Wildman–Crippen LogP) is 5.68. The fourth-order valence-corrected chi connectivity index (χ4v) is 2.57. The fourth-order valence-electron chi connectivity index (χ4n) is 2.57. The number of hydrogen-bond acceptors (Lipinski definition) is 2. The predicted molar refractivity (Wildman–Crippen MR) is 92.1 cm³/mol. The van der Waals surface area contributed by atoms with Crippen molar-refractivity contribution in [3.05, 3.63) is 11.6 Å². The van der Waals surface area contributed by atoms with Gasteiger partial charge >= 0.3 is 5.97 Å². The van der Waals surface area contributed by atoms with E-state index in [1.54, 1.807) is 6.92 Å². The minimum atomic E-state index is -0.708. The van der Waals surface area contributed by atoms with Crippen LogP contribution in [0.1, 0.15) is 97.3 Å². The number of Topliss-reactive ketones (excluding diaryl/α,β-unsaturated/α-hetero) is 1. The average Bonchev–Trinajstić information content (AvgIpc) is 2.46. The van der Waals surface area contributed by atoms with Gasteiger partial charge in [-0.2, -0.15) is 0 Å². The molecular formula is C19H34O3. The lowest BCUT2D eigenvalue weighted by Gasteiger charge is -2.05. The van der Waals surface area contributed by atoms with Crippen molar-refractivity contribution >= 4 is 11.8 Å². The normalized spacial score (nSPS) is 11.6. The minimum absolute atomic E-state index is 0.208. The Hall–Kier alpha value is -1.12. The van der Waals surface area contributed by atoms with E-state index in [1.807, 2.05) is 0 Å². The zero-order valence-corrected chi connectivity index (χ0v) is 14.5. The number of carboxylic acid groups (broad SMARTS) is 1. The smallest absolute Gasteiger partial charge is 0.303 e. The summed E-state index contributed by atoms with van der Waals surface area (Å²) in [6, 6.07) is 0. The highest BCUT2D eigenvalue weighted by Crippen LogP contribution is 2.15. The summed E-state index contributed by atoms with van der Waals surface area (Å²) in [5.74, 6) is -0.500. The van der Waals surface area contributed by atoms with Gasteiger partial charge in [0.05, 0.1) is 0 Å². The highest BCUT2D eigenvalue weighted by atomic mass is 16.4. The van der Waals surface area contributed by atoms with Gasteiger partial charge in [-0.1, -0.05) is 57.9 Å². The van der Waals surface area contributed by atoms with Gasteiger partial charge in [0.25, 0.3) is 0 Å². The maximum absolute atomic E-state index is 11.6.